The summed E-state index contributed by atoms with van der Waals surface area (Å²) >= 11 is 0. The molecular weight excluding hydrogens is 234 g/mol. The van der Waals surface area contributed by atoms with Crippen molar-refractivity contribution in [3.63, 3.8) is 0 Å². The Morgan fingerprint density at radius 1 is 1.16 bits per heavy atom. The fourth-order valence-electron chi connectivity index (χ4n) is 3.98. The maximum absolute atomic E-state index is 10.0. The minimum Gasteiger partial charge on any atom is -0.508 e. The average Bonchev–Trinajstić information content (AvgIpc) is 3.03. The molecule has 1 aliphatic carbocycles. The first kappa shape index (κ1) is 13.0. The van der Waals surface area contributed by atoms with Gasteiger partial charge in [-0.3, -0.25) is 4.90 Å². The average molecular weight is 259 g/mol. The second-order valence-electron chi connectivity index (χ2n) is 6.36. The molecule has 1 heterocycles. The van der Waals surface area contributed by atoms with Gasteiger partial charge in [-0.2, -0.15) is 0 Å². The van der Waals surface area contributed by atoms with Crippen molar-refractivity contribution in [2.75, 3.05) is 6.54 Å². The van der Waals surface area contributed by atoms with Crippen molar-refractivity contribution < 1.29 is 5.11 Å². The summed E-state index contributed by atoms with van der Waals surface area (Å²) in [5.41, 5.74) is 2.34. The smallest absolute Gasteiger partial charge is 0.120 e. The van der Waals surface area contributed by atoms with Gasteiger partial charge in [-0.1, -0.05) is 30.5 Å². The van der Waals surface area contributed by atoms with E-state index < -0.39 is 0 Å². The molecule has 0 bridgehead atoms. The third kappa shape index (κ3) is 2.79. The lowest BCUT2D eigenvalue weighted by Crippen LogP contribution is -2.34. The van der Waals surface area contributed by atoms with Crippen LogP contribution in [-0.4, -0.2) is 22.6 Å². The molecule has 0 aromatic heterocycles. The zero-order valence-electron chi connectivity index (χ0n) is 11.9. The zero-order valence-corrected chi connectivity index (χ0v) is 11.9. The molecule has 1 saturated heterocycles. The van der Waals surface area contributed by atoms with Crippen molar-refractivity contribution >= 4 is 0 Å². The van der Waals surface area contributed by atoms with Gasteiger partial charge < -0.3 is 5.11 Å². The van der Waals surface area contributed by atoms with Gasteiger partial charge in [-0.25, -0.2) is 0 Å². The van der Waals surface area contributed by atoms with Crippen LogP contribution in [0, 0.1) is 12.8 Å². The Hall–Kier alpha value is -1.02. The first-order valence-electron chi connectivity index (χ1n) is 7.76. The highest BCUT2D eigenvalue weighted by atomic mass is 16.3. The second-order valence-corrected chi connectivity index (χ2v) is 6.36. The van der Waals surface area contributed by atoms with Crippen LogP contribution in [0.15, 0.2) is 18.2 Å². The Labute approximate surface area is 116 Å². The number of phenols is 1. The quantitative estimate of drug-likeness (QED) is 0.891. The Kier molecular flexibility index (Phi) is 3.79. The van der Waals surface area contributed by atoms with Crippen LogP contribution in [0.1, 0.15) is 49.7 Å². The molecule has 1 N–H and O–H groups in total. The van der Waals surface area contributed by atoms with E-state index in [9.17, 15) is 5.11 Å². The number of hydrogen-bond acceptors (Lipinski definition) is 2. The van der Waals surface area contributed by atoms with E-state index in [0.29, 0.717) is 5.75 Å². The summed E-state index contributed by atoms with van der Waals surface area (Å²) in [6.45, 7) is 4.23. The molecule has 1 unspecified atom stereocenters. The number of phenolic OH excluding ortho intramolecular Hbond substituents is 1. The van der Waals surface area contributed by atoms with Crippen LogP contribution < -0.4 is 0 Å². The van der Waals surface area contributed by atoms with Crippen LogP contribution in [0.5, 0.6) is 5.75 Å². The molecule has 3 rings (SSSR count). The number of benzene rings is 1. The predicted molar refractivity (Wildman–Crippen MR) is 78.2 cm³/mol. The molecule has 19 heavy (non-hydrogen) atoms. The Morgan fingerprint density at radius 2 is 1.95 bits per heavy atom. The summed E-state index contributed by atoms with van der Waals surface area (Å²) in [6, 6.07) is 6.73. The maximum atomic E-state index is 10.0. The molecular formula is C17H25NO. The minimum atomic E-state index is 0.461. The minimum absolute atomic E-state index is 0.461. The third-order valence-corrected chi connectivity index (χ3v) is 4.97. The van der Waals surface area contributed by atoms with Crippen LogP contribution in [-0.2, 0) is 6.54 Å². The zero-order chi connectivity index (χ0) is 13.2. The summed E-state index contributed by atoms with van der Waals surface area (Å²) in [5, 5.41) is 10.0. The fraction of sp³-hybridized carbons (Fsp3) is 0.647. The number of hydrogen-bond donors (Lipinski definition) is 1. The van der Waals surface area contributed by atoms with Crippen LogP contribution in [0.2, 0.25) is 0 Å². The fourth-order valence-corrected chi connectivity index (χ4v) is 3.98. The van der Waals surface area contributed by atoms with Gasteiger partial charge in [0.25, 0.3) is 0 Å². The molecule has 1 aromatic rings. The van der Waals surface area contributed by atoms with E-state index in [0.717, 1.165) is 24.1 Å². The van der Waals surface area contributed by atoms with E-state index in [-0.39, 0.29) is 0 Å². The van der Waals surface area contributed by atoms with E-state index in [1.54, 1.807) is 0 Å². The first-order valence-corrected chi connectivity index (χ1v) is 7.76. The molecule has 2 nitrogen and oxygen atoms in total. The number of aryl methyl sites for hydroxylation is 1. The lowest BCUT2D eigenvalue weighted by molar-refractivity contribution is 0.181. The standard InChI is InChI=1S/C17H25NO/c1-13-8-9-17(19)15(11-13)12-18-10-4-7-16(18)14-5-2-3-6-14/h8-9,11,14,16,19H,2-7,10,12H2,1H3. The van der Waals surface area contributed by atoms with Crippen molar-refractivity contribution in [1.82, 2.24) is 4.90 Å². The van der Waals surface area contributed by atoms with Gasteiger partial charge in [-0.15, -0.1) is 0 Å². The van der Waals surface area contributed by atoms with Gasteiger partial charge in [0.2, 0.25) is 0 Å². The highest BCUT2D eigenvalue weighted by Gasteiger charge is 2.33. The number of nitrogens with zero attached hydrogens (tertiary/aromatic N) is 1. The summed E-state index contributed by atoms with van der Waals surface area (Å²) in [5.74, 6) is 1.37. The summed E-state index contributed by atoms with van der Waals surface area (Å²) in [4.78, 5) is 2.62. The van der Waals surface area contributed by atoms with Crippen molar-refractivity contribution in [3.8, 4) is 5.75 Å². The molecule has 1 atom stereocenters. The summed E-state index contributed by atoms with van der Waals surface area (Å²) in [6.07, 6.45) is 8.36. The monoisotopic (exact) mass is 259 g/mol. The van der Waals surface area contributed by atoms with Crippen molar-refractivity contribution in [2.45, 2.75) is 58.0 Å². The second kappa shape index (κ2) is 5.54. The number of likely N-dealkylation sites (tertiary alicyclic amines) is 1. The normalized spacial score (nSPS) is 25.2. The number of aromatic hydroxyl groups is 1. The van der Waals surface area contributed by atoms with E-state index >= 15 is 0 Å². The highest BCUT2D eigenvalue weighted by molar-refractivity contribution is 5.35. The Balaban J connectivity index is 1.72. The molecule has 2 aliphatic rings. The van der Waals surface area contributed by atoms with E-state index in [4.69, 9.17) is 0 Å². The Bertz CT molecular complexity index is 437. The first-order chi connectivity index (χ1) is 9.24. The molecule has 1 aromatic carbocycles. The van der Waals surface area contributed by atoms with Crippen molar-refractivity contribution in [1.29, 1.82) is 0 Å². The largest absolute Gasteiger partial charge is 0.508 e. The molecule has 0 radical (unpaired) electrons. The van der Waals surface area contributed by atoms with Crippen LogP contribution in [0.25, 0.3) is 0 Å². The van der Waals surface area contributed by atoms with E-state index in [2.05, 4.69) is 17.9 Å². The maximum Gasteiger partial charge on any atom is 0.120 e. The van der Waals surface area contributed by atoms with Crippen molar-refractivity contribution in [3.05, 3.63) is 29.3 Å². The van der Waals surface area contributed by atoms with Gasteiger partial charge in [0.15, 0.2) is 0 Å². The van der Waals surface area contributed by atoms with Crippen LogP contribution >= 0.6 is 0 Å². The molecule has 1 saturated carbocycles. The van der Waals surface area contributed by atoms with Crippen LogP contribution in [0.4, 0.5) is 0 Å². The predicted octanol–water partition coefficient (Wildman–Crippen LogP) is 3.86. The lowest BCUT2D eigenvalue weighted by atomic mass is 9.95. The molecule has 104 valence electrons. The van der Waals surface area contributed by atoms with Gasteiger partial charge in [0.05, 0.1) is 0 Å². The molecule has 1 aliphatic heterocycles. The Morgan fingerprint density at radius 3 is 2.74 bits per heavy atom. The molecule has 0 amide bonds. The van der Waals surface area contributed by atoms with Gasteiger partial charge in [0, 0.05) is 18.2 Å². The highest BCUT2D eigenvalue weighted by Crippen LogP contribution is 2.36. The van der Waals surface area contributed by atoms with Crippen LogP contribution in [0.3, 0.4) is 0 Å². The topological polar surface area (TPSA) is 23.5 Å². The van der Waals surface area contributed by atoms with Gasteiger partial charge in [-0.05, 0) is 51.1 Å². The molecule has 2 heteroatoms. The third-order valence-electron chi connectivity index (χ3n) is 4.97. The molecule has 0 spiro atoms. The van der Waals surface area contributed by atoms with Crippen molar-refractivity contribution in [2.24, 2.45) is 5.92 Å². The van der Waals surface area contributed by atoms with Gasteiger partial charge >= 0.3 is 0 Å². The van der Waals surface area contributed by atoms with E-state index in [1.165, 1.54) is 50.6 Å². The summed E-state index contributed by atoms with van der Waals surface area (Å²) < 4.78 is 0. The van der Waals surface area contributed by atoms with E-state index in [1.807, 2.05) is 12.1 Å². The van der Waals surface area contributed by atoms with Gasteiger partial charge in [0.1, 0.15) is 5.75 Å². The SMILES string of the molecule is Cc1ccc(O)c(CN2CCCC2C2CCCC2)c1. The lowest BCUT2D eigenvalue weighted by Gasteiger charge is -2.29. The summed E-state index contributed by atoms with van der Waals surface area (Å²) in [7, 11) is 0. The molecule has 2 fully saturated rings. The number of rotatable bonds is 3.